The van der Waals surface area contributed by atoms with Gasteiger partial charge in [0, 0.05) is 18.5 Å². The molecule has 0 aliphatic rings. The van der Waals surface area contributed by atoms with Crippen molar-refractivity contribution in [3.63, 3.8) is 0 Å². The van der Waals surface area contributed by atoms with Crippen LogP contribution in [0, 0.1) is 0 Å². The lowest BCUT2D eigenvalue weighted by atomic mass is 10.1. The Morgan fingerprint density at radius 3 is 2.61 bits per heavy atom. The van der Waals surface area contributed by atoms with E-state index in [-0.39, 0.29) is 0 Å². The number of aliphatic imine (C=N–C) groups is 1. The van der Waals surface area contributed by atoms with E-state index in [0.29, 0.717) is 12.5 Å². The number of rotatable bonds is 10. The maximum atomic E-state index is 5.37. The van der Waals surface area contributed by atoms with Crippen LogP contribution in [0.3, 0.4) is 0 Å². The van der Waals surface area contributed by atoms with E-state index >= 15 is 0 Å². The topological polar surface area (TPSA) is 67.8 Å². The van der Waals surface area contributed by atoms with E-state index in [1.54, 1.807) is 25.6 Å². The van der Waals surface area contributed by atoms with Gasteiger partial charge >= 0.3 is 0 Å². The zero-order chi connectivity index (χ0) is 20.4. The van der Waals surface area contributed by atoms with Crippen LogP contribution in [0.4, 0.5) is 0 Å². The molecule has 0 aliphatic heterocycles. The molecule has 0 atom stereocenters. The van der Waals surface area contributed by atoms with Crippen LogP contribution in [-0.4, -0.2) is 38.3 Å². The number of hydrogen-bond acceptors (Lipinski definition) is 5. The number of nitrogens with zero attached hydrogens (tertiary/aromatic N) is 2. The van der Waals surface area contributed by atoms with Gasteiger partial charge in [-0.25, -0.2) is 9.98 Å². The zero-order valence-corrected chi connectivity index (χ0v) is 18.4. The molecule has 6 nitrogen and oxygen atoms in total. The quantitative estimate of drug-likeness (QED) is 0.356. The molecule has 1 aromatic heterocycles. The minimum Gasteiger partial charge on any atom is -0.493 e. The lowest BCUT2D eigenvalue weighted by Crippen LogP contribution is -2.37. The molecule has 0 saturated carbocycles. The van der Waals surface area contributed by atoms with Crippen LogP contribution in [0.5, 0.6) is 11.5 Å². The second-order valence-corrected chi connectivity index (χ2v) is 7.68. The van der Waals surface area contributed by atoms with E-state index in [1.807, 2.05) is 12.1 Å². The summed E-state index contributed by atoms with van der Waals surface area (Å²) in [6.45, 7) is 8.66. The fourth-order valence-corrected chi connectivity index (χ4v) is 3.57. The smallest absolute Gasteiger partial charge is 0.191 e. The Morgan fingerprint density at radius 2 is 1.96 bits per heavy atom. The van der Waals surface area contributed by atoms with E-state index in [0.717, 1.165) is 54.1 Å². The molecule has 0 bridgehead atoms. The summed E-state index contributed by atoms with van der Waals surface area (Å²) >= 11 is 1.67. The van der Waals surface area contributed by atoms with Crippen molar-refractivity contribution < 1.29 is 9.47 Å². The van der Waals surface area contributed by atoms with Crippen molar-refractivity contribution in [1.29, 1.82) is 0 Å². The SMILES string of the molecule is CCNC(=NCc1nc(C(C)C)cs1)NCCCc1ccc(OC)c(OC)c1. The third-order valence-electron chi connectivity index (χ3n) is 4.26. The van der Waals surface area contributed by atoms with E-state index in [2.05, 4.69) is 52.8 Å². The first-order valence-electron chi connectivity index (χ1n) is 9.74. The first kappa shape index (κ1) is 22.0. The first-order valence-corrected chi connectivity index (χ1v) is 10.6. The second-order valence-electron chi connectivity index (χ2n) is 6.74. The minimum atomic E-state index is 0.455. The highest BCUT2D eigenvalue weighted by molar-refractivity contribution is 7.09. The molecule has 2 rings (SSSR count). The van der Waals surface area contributed by atoms with Crippen molar-refractivity contribution in [3.8, 4) is 11.5 Å². The standard InChI is InChI=1S/C21H32N4O2S/c1-6-22-21(24-13-20-25-17(14-28-20)15(2)3)23-11-7-8-16-9-10-18(26-4)19(12-16)27-5/h9-10,12,14-15H,6-8,11,13H2,1-5H3,(H2,22,23,24). The summed E-state index contributed by atoms with van der Waals surface area (Å²) in [6, 6.07) is 6.06. The van der Waals surface area contributed by atoms with Gasteiger partial charge in [-0.05, 0) is 43.4 Å². The van der Waals surface area contributed by atoms with Gasteiger partial charge in [-0.2, -0.15) is 0 Å². The largest absolute Gasteiger partial charge is 0.493 e. The Labute approximate surface area is 172 Å². The Balaban J connectivity index is 1.83. The molecule has 1 heterocycles. The average molecular weight is 405 g/mol. The highest BCUT2D eigenvalue weighted by Gasteiger charge is 2.06. The van der Waals surface area contributed by atoms with Gasteiger partial charge in [0.1, 0.15) is 5.01 Å². The molecule has 154 valence electrons. The van der Waals surface area contributed by atoms with Crippen molar-refractivity contribution in [2.45, 2.75) is 46.1 Å². The molecule has 0 spiro atoms. The molecule has 0 unspecified atom stereocenters. The van der Waals surface area contributed by atoms with E-state index < -0.39 is 0 Å². The molecule has 1 aromatic carbocycles. The number of nitrogens with one attached hydrogen (secondary N) is 2. The molecule has 2 N–H and O–H groups in total. The Hall–Kier alpha value is -2.28. The number of benzene rings is 1. The number of aromatic nitrogens is 1. The van der Waals surface area contributed by atoms with E-state index in [1.165, 1.54) is 5.56 Å². The Kier molecular flexibility index (Phi) is 9.07. The fraction of sp³-hybridized carbons (Fsp3) is 0.524. The third-order valence-corrected chi connectivity index (χ3v) is 5.11. The molecule has 0 fully saturated rings. The van der Waals surface area contributed by atoms with Crippen LogP contribution in [-0.2, 0) is 13.0 Å². The fourth-order valence-electron chi connectivity index (χ4n) is 2.69. The number of guanidine groups is 1. The summed E-state index contributed by atoms with van der Waals surface area (Å²) in [5.41, 5.74) is 2.37. The molecule has 0 amide bonds. The summed E-state index contributed by atoms with van der Waals surface area (Å²) < 4.78 is 10.7. The predicted octanol–water partition coefficient (Wildman–Crippen LogP) is 3.97. The van der Waals surface area contributed by atoms with Gasteiger partial charge in [-0.1, -0.05) is 19.9 Å². The predicted molar refractivity (Wildman–Crippen MR) is 117 cm³/mol. The summed E-state index contributed by atoms with van der Waals surface area (Å²) in [7, 11) is 3.31. The van der Waals surface area contributed by atoms with Crippen LogP contribution >= 0.6 is 11.3 Å². The van der Waals surface area contributed by atoms with Crippen LogP contribution < -0.4 is 20.1 Å². The first-order chi connectivity index (χ1) is 13.6. The minimum absolute atomic E-state index is 0.455. The van der Waals surface area contributed by atoms with Gasteiger partial charge in [0.15, 0.2) is 17.5 Å². The summed E-state index contributed by atoms with van der Waals surface area (Å²) in [4.78, 5) is 9.30. The lowest BCUT2D eigenvalue weighted by molar-refractivity contribution is 0.354. The molecule has 0 saturated heterocycles. The van der Waals surface area contributed by atoms with Crippen molar-refractivity contribution in [3.05, 3.63) is 39.8 Å². The van der Waals surface area contributed by atoms with Crippen LogP contribution in [0.1, 0.15) is 49.4 Å². The van der Waals surface area contributed by atoms with Crippen LogP contribution in [0.15, 0.2) is 28.6 Å². The van der Waals surface area contributed by atoms with Gasteiger partial charge < -0.3 is 20.1 Å². The maximum Gasteiger partial charge on any atom is 0.191 e. The third kappa shape index (κ3) is 6.71. The molecule has 0 aliphatic carbocycles. The Bertz CT molecular complexity index is 759. The summed E-state index contributed by atoms with van der Waals surface area (Å²) in [6.07, 6.45) is 1.95. The highest BCUT2D eigenvalue weighted by atomic mass is 32.1. The normalized spacial score (nSPS) is 11.6. The van der Waals surface area contributed by atoms with Crippen LogP contribution in [0.2, 0.25) is 0 Å². The summed E-state index contributed by atoms with van der Waals surface area (Å²) in [5, 5.41) is 9.87. The van der Waals surface area contributed by atoms with Crippen molar-refractivity contribution in [2.24, 2.45) is 4.99 Å². The van der Waals surface area contributed by atoms with Crippen molar-refractivity contribution in [2.75, 3.05) is 27.3 Å². The number of aryl methyl sites for hydroxylation is 1. The van der Waals surface area contributed by atoms with Crippen molar-refractivity contribution >= 4 is 17.3 Å². The molecular formula is C21H32N4O2S. The molecule has 2 aromatic rings. The lowest BCUT2D eigenvalue weighted by Gasteiger charge is -2.12. The van der Waals surface area contributed by atoms with Gasteiger partial charge in [0.05, 0.1) is 26.5 Å². The van der Waals surface area contributed by atoms with E-state index in [9.17, 15) is 0 Å². The van der Waals surface area contributed by atoms with Crippen molar-refractivity contribution in [1.82, 2.24) is 15.6 Å². The van der Waals surface area contributed by atoms with Gasteiger partial charge in [-0.3, -0.25) is 0 Å². The monoisotopic (exact) mass is 404 g/mol. The molecule has 7 heteroatoms. The van der Waals surface area contributed by atoms with Gasteiger partial charge in [-0.15, -0.1) is 11.3 Å². The highest BCUT2D eigenvalue weighted by Crippen LogP contribution is 2.27. The second kappa shape index (κ2) is 11.5. The number of thiazole rings is 1. The number of ether oxygens (including phenoxy) is 2. The zero-order valence-electron chi connectivity index (χ0n) is 17.5. The maximum absolute atomic E-state index is 5.37. The molecular weight excluding hydrogens is 372 g/mol. The number of methoxy groups -OCH3 is 2. The van der Waals surface area contributed by atoms with Gasteiger partial charge in [0.25, 0.3) is 0 Å². The van der Waals surface area contributed by atoms with E-state index in [4.69, 9.17) is 9.47 Å². The van der Waals surface area contributed by atoms with Crippen LogP contribution in [0.25, 0.3) is 0 Å². The summed E-state index contributed by atoms with van der Waals surface area (Å²) in [5.74, 6) is 2.81. The Morgan fingerprint density at radius 1 is 1.18 bits per heavy atom. The molecule has 0 radical (unpaired) electrons. The molecule has 28 heavy (non-hydrogen) atoms. The van der Waals surface area contributed by atoms with Gasteiger partial charge in [0.2, 0.25) is 0 Å². The average Bonchev–Trinajstić information content (AvgIpc) is 3.18. The number of hydrogen-bond donors (Lipinski definition) is 2.